The van der Waals surface area contributed by atoms with Crippen molar-refractivity contribution in [1.82, 2.24) is 15.1 Å². The highest BCUT2D eigenvalue weighted by molar-refractivity contribution is 5.84. The Kier molecular flexibility index (Phi) is 5.70. The van der Waals surface area contributed by atoms with E-state index in [4.69, 9.17) is 4.74 Å². The standard InChI is InChI=1S/C18H21N3O6/c22-14(19-15(18(25)26)11-4-3-9-27-10-11)7-8-21-17(24)13-6-2-1-5-12(13)16(23)20-21/h1-2,5-6,11,15H,3-4,7-10H2,(H,19,22)(H,20,23)(H,25,26). The zero-order valence-corrected chi connectivity index (χ0v) is 14.6. The number of amides is 1. The van der Waals surface area contributed by atoms with Crippen LogP contribution in [0.5, 0.6) is 0 Å². The van der Waals surface area contributed by atoms with E-state index in [9.17, 15) is 24.3 Å². The molecular formula is C18H21N3O6. The topological polar surface area (TPSA) is 130 Å². The second-order valence-corrected chi connectivity index (χ2v) is 6.55. The number of H-pyrrole nitrogens is 1. The van der Waals surface area contributed by atoms with Crippen LogP contribution in [0.4, 0.5) is 0 Å². The van der Waals surface area contributed by atoms with Crippen LogP contribution in [0.2, 0.25) is 0 Å². The third kappa shape index (κ3) is 4.25. The number of carboxylic acids is 1. The molecule has 3 N–H and O–H groups in total. The van der Waals surface area contributed by atoms with Gasteiger partial charge in [0, 0.05) is 18.9 Å². The Bertz CT molecular complexity index is 957. The van der Waals surface area contributed by atoms with Crippen molar-refractivity contribution >= 4 is 22.6 Å². The van der Waals surface area contributed by atoms with E-state index in [1.165, 1.54) is 0 Å². The summed E-state index contributed by atoms with van der Waals surface area (Å²) in [5.41, 5.74) is -0.832. The van der Waals surface area contributed by atoms with Crippen LogP contribution in [0.25, 0.3) is 10.8 Å². The SMILES string of the molecule is O=C(CCn1[nH]c(=O)c2ccccc2c1=O)NC(C(=O)O)C1CCCOC1. The molecule has 144 valence electrons. The number of aromatic amines is 1. The van der Waals surface area contributed by atoms with Crippen molar-refractivity contribution in [1.29, 1.82) is 0 Å². The van der Waals surface area contributed by atoms with E-state index in [0.717, 1.165) is 11.1 Å². The fourth-order valence-electron chi connectivity index (χ4n) is 3.27. The summed E-state index contributed by atoms with van der Waals surface area (Å²) >= 11 is 0. The molecule has 3 rings (SSSR count). The average molecular weight is 375 g/mol. The summed E-state index contributed by atoms with van der Waals surface area (Å²) in [7, 11) is 0. The second-order valence-electron chi connectivity index (χ2n) is 6.55. The lowest BCUT2D eigenvalue weighted by atomic mass is 9.93. The van der Waals surface area contributed by atoms with Gasteiger partial charge in [-0.05, 0) is 25.0 Å². The minimum atomic E-state index is -1.12. The number of nitrogens with one attached hydrogen (secondary N) is 2. The Labute approximate surface area is 153 Å². The molecule has 0 spiro atoms. The molecule has 1 aliphatic heterocycles. The molecule has 27 heavy (non-hydrogen) atoms. The number of hydrogen-bond acceptors (Lipinski definition) is 5. The maximum Gasteiger partial charge on any atom is 0.326 e. The number of aromatic nitrogens is 2. The van der Waals surface area contributed by atoms with Crippen LogP contribution in [-0.2, 0) is 20.9 Å². The van der Waals surface area contributed by atoms with Crippen molar-refractivity contribution in [2.75, 3.05) is 13.2 Å². The first kappa shape index (κ1) is 18.8. The number of benzene rings is 1. The lowest BCUT2D eigenvalue weighted by Gasteiger charge is -2.28. The van der Waals surface area contributed by atoms with Crippen molar-refractivity contribution in [3.05, 3.63) is 45.0 Å². The van der Waals surface area contributed by atoms with Crippen LogP contribution in [0.15, 0.2) is 33.9 Å². The van der Waals surface area contributed by atoms with E-state index >= 15 is 0 Å². The first-order chi connectivity index (χ1) is 13.0. The van der Waals surface area contributed by atoms with Gasteiger partial charge in [-0.25, -0.2) is 9.48 Å². The van der Waals surface area contributed by atoms with Gasteiger partial charge in [0.15, 0.2) is 0 Å². The number of nitrogens with zero attached hydrogens (tertiary/aromatic N) is 1. The molecule has 1 aromatic carbocycles. The molecule has 2 heterocycles. The van der Waals surface area contributed by atoms with Gasteiger partial charge in [-0.1, -0.05) is 12.1 Å². The molecule has 1 fully saturated rings. The molecule has 2 atom stereocenters. The van der Waals surface area contributed by atoms with Gasteiger partial charge >= 0.3 is 5.97 Å². The van der Waals surface area contributed by atoms with E-state index in [2.05, 4.69) is 10.4 Å². The van der Waals surface area contributed by atoms with Crippen molar-refractivity contribution in [2.24, 2.45) is 5.92 Å². The molecule has 0 aliphatic carbocycles. The van der Waals surface area contributed by atoms with E-state index in [1.54, 1.807) is 24.3 Å². The summed E-state index contributed by atoms with van der Waals surface area (Å²) in [5.74, 6) is -1.91. The average Bonchev–Trinajstić information content (AvgIpc) is 2.68. The predicted molar refractivity (Wildman–Crippen MR) is 96.6 cm³/mol. The highest BCUT2D eigenvalue weighted by Crippen LogP contribution is 2.18. The summed E-state index contributed by atoms with van der Waals surface area (Å²) in [6, 6.07) is 5.38. The van der Waals surface area contributed by atoms with Gasteiger partial charge in [-0.2, -0.15) is 0 Å². The minimum Gasteiger partial charge on any atom is -0.480 e. The van der Waals surface area contributed by atoms with E-state index in [0.29, 0.717) is 13.0 Å². The molecule has 2 unspecified atom stereocenters. The third-order valence-corrected chi connectivity index (χ3v) is 4.70. The van der Waals surface area contributed by atoms with Crippen molar-refractivity contribution < 1.29 is 19.4 Å². The molecule has 9 nitrogen and oxygen atoms in total. The number of rotatable bonds is 6. The molecule has 1 aliphatic rings. The lowest BCUT2D eigenvalue weighted by Crippen LogP contribution is -2.48. The van der Waals surface area contributed by atoms with Crippen molar-refractivity contribution in [3.63, 3.8) is 0 Å². The molecule has 0 bridgehead atoms. The first-order valence-corrected chi connectivity index (χ1v) is 8.79. The number of carboxylic acid groups (broad SMARTS) is 1. The molecule has 0 radical (unpaired) electrons. The molecule has 1 amide bonds. The van der Waals surface area contributed by atoms with Gasteiger partial charge in [0.05, 0.1) is 23.9 Å². The van der Waals surface area contributed by atoms with Crippen molar-refractivity contribution in [2.45, 2.75) is 31.8 Å². The Morgan fingerprint density at radius 1 is 1.30 bits per heavy atom. The van der Waals surface area contributed by atoms with Gasteiger partial charge in [-0.15, -0.1) is 0 Å². The lowest BCUT2D eigenvalue weighted by molar-refractivity contribution is -0.145. The zero-order valence-electron chi connectivity index (χ0n) is 14.6. The number of hydrogen-bond donors (Lipinski definition) is 3. The molecule has 0 saturated carbocycles. The first-order valence-electron chi connectivity index (χ1n) is 8.79. The molecule has 2 aromatic rings. The number of fused-ring (bicyclic) bond motifs is 1. The van der Waals surface area contributed by atoms with Gasteiger partial charge < -0.3 is 15.2 Å². The molecule has 1 saturated heterocycles. The fraction of sp³-hybridized carbons (Fsp3) is 0.444. The highest BCUT2D eigenvalue weighted by Gasteiger charge is 2.31. The largest absolute Gasteiger partial charge is 0.480 e. The maximum atomic E-state index is 12.4. The van der Waals surface area contributed by atoms with Gasteiger partial charge in [0.25, 0.3) is 11.1 Å². The van der Waals surface area contributed by atoms with Crippen LogP contribution in [0.3, 0.4) is 0 Å². The summed E-state index contributed by atoms with van der Waals surface area (Å²) in [6.45, 7) is 0.821. The summed E-state index contributed by atoms with van der Waals surface area (Å²) in [6.07, 6.45) is 1.28. The minimum absolute atomic E-state index is 0.0573. The number of carbonyl (C=O) groups is 2. The maximum absolute atomic E-state index is 12.4. The molecule has 1 aromatic heterocycles. The molecular weight excluding hydrogens is 354 g/mol. The quantitative estimate of drug-likeness (QED) is 0.655. The smallest absolute Gasteiger partial charge is 0.326 e. The number of aryl methyl sites for hydroxylation is 1. The third-order valence-electron chi connectivity index (χ3n) is 4.70. The van der Waals surface area contributed by atoms with E-state index in [-0.39, 0.29) is 36.3 Å². The van der Waals surface area contributed by atoms with E-state index in [1.807, 2.05) is 0 Å². The van der Waals surface area contributed by atoms with Crippen LogP contribution >= 0.6 is 0 Å². The Hall–Kier alpha value is -2.94. The van der Waals surface area contributed by atoms with Crippen LogP contribution in [0, 0.1) is 5.92 Å². The summed E-state index contributed by atoms with van der Waals surface area (Å²) in [4.78, 5) is 48.2. The number of carbonyl (C=O) groups excluding carboxylic acids is 1. The normalized spacial score (nSPS) is 18.1. The highest BCUT2D eigenvalue weighted by atomic mass is 16.5. The van der Waals surface area contributed by atoms with Crippen LogP contribution < -0.4 is 16.4 Å². The summed E-state index contributed by atoms with van der Waals surface area (Å²) < 4.78 is 6.37. The monoisotopic (exact) mass is 375 g/mol. The second kappa shape index (κ2) is 8.17. The van der Waals surface area contributed by atoms with Gasteiger partial charge in [0.2, 0.25) is 5.91 Å². The van der Waals surface area contributed by atoms with Gasteiger partial charge in [0.1, 0.15) is 6.04 Å². The predicted octanol–water partition coefficient (Wildman–Crippen LogP) is 0.0759. The van der Waals surface area contributed by atoms with Gasteiger partial charge in [-0.3, -0.25) is 19.5 Å². The van der Waals surface area contributed by atoms with Crippen LogP contribution in [-0.4, -0.2) is 46.0 Å². The Morgan fingerprint density at radius 3 is 2.70 bits per heavy atom. The zero-order chi connectivity index (χ0) is 19.4. The summed E-state index contributed by atoms with van der Waals surface area (Å²) in [5, 5.41) is 14.9. The Balaban J connectivity index is 1.69. The number of ether oxygens (including phenoxy) is 1. The number of aliphatic carboxylic acids is 1. The fourth-order valence-corrected chi connectivity index (χ4v) is 3.27. The van der Waals surface area contributed by atoms with Crippen molar-refractivity contribution in [3.8, 4) is 0 Å². The molecule has 9 heteroatoms. The Morgan fingerprint density at radius 2 is 2.04 bits per heavy atom. The van der Waals surface area contributed by atoms with Crippen LogP contribution in [0.1, 0.15) is 19.3 Å². The van der Waals surface area contributed by atoms with E-state index < -0.39 is 29.0 Å².